The molecule has 0 aliphatic carbocycles. The molecule has 4 rings (SSSR count). The van der Waals surface area contributed by atoms with Gasteiger partial charge in [-0.05, 0) is 23.8 Å². The number of fused-ring (bicyclic) bond motifs is 2. The van der Waals surface area contributed by atoms with Crippen LogP contribution in [-0.4, -0.2) is 27.3 Å². The maximum absolute atomic E-state index is 9.67. The minimum Gasteiger partial charge on any atom is -0.486 e. The lowest BCUT2D eigenvalue weighted by atomic mass is 9.83. The van der Waals surface area contributed by atoms with Gasteiger partial charge in [0.1, 0.15) is 30.6 Å². The van der Waals surface area contributed by atoms with Crippen molar-refractivity contribution in [1.29, 1.82) is 5.26 Å². The fourth-order valence-electron chi connectivity index (χ4n) is 3.30. The largest absolute Gasteiger partial charge is 0.486 e. The smallest absolute Gasteiger partial charge is 0.205 e. The van der Waals surface area contributed by atoms with Crippen LogP contribution >= 0.6 is 0 Å². The number of hydrogen-bond donors (Lipinski definition) is 1. The molecule has 132 valence electrons. The highest BCUT2D eigenvalue weighted by Gasteiger charge is 2.31. The number of benzene rings is 2. The summed E-state index contributed by atoms with van der Waals surface area (Å²) in [7, 11) is 3.92. The quantitative estimate of drug-likeness (QED) is 0.898. The molecule has 2 aromatic carbocycles. The van der Waals surface area contributed by atoms with Crippen molar-refractivity contribution in [2.75, 3.05) is 32.2 Å². The fourth-order valence-corrected chi connectivity index (χ4v) is 3.30. The third-order valence-electron chi connectivity index (χ3n) is 4.62. The second kappa shape index (κ2) is 6.19. The standard InChI is InChI=1S/C20H19N3O3/c1-23(2)13-4-5-14-17(10-13)26-20(22)15(11-21)19(14)12-3-6-16-18(9-12)25-8-7-24-16/h3-6,9-10,19H,7-8,22H2,1-2H3. The Labute approximate surface area is 152 Å². The molecule has 26 heavy (non-hydrogen) atoms. The molecule has 2 N–H and O–H groups in total. The summed E-state index contributed by atoms with van der Waals surface area (Å²) < 4.78 is 17.0. The van der Waals surface area contributed by atoms with E-state index in [1.54, 1.807) is 0 Å². The molecule has 0 bridgehead atoms. The van der Waals surface area contributed by atoms with Crippen LogP contribution in [0.3, 0.4) is 0 Å². The minimum absolute atomic E-state index is 0.135. The van der Waals surface area contributed by atoms with E-state index in [1.807, 2.05) is 55.4 Å². The fraction of sp³-hybridized carbons (Fsp3) is 0.250. The molecule has 2 heterocycles. The molecule has 2 aliphatic rings. The third-order valence-corrected chi connectivity index (χ3v) is 4.62. The van der Waals surface area contributed by atoms with Gasteiger partial charge in [-0.15, -0.1) is 0 Å². The summed E-state index contributed by atoms with van der Waals surface area (Å²) in [6, 6.07) is 13.9. The topological polar surface area (TPSA) is 80.7 Å². The highest BCUT2D eigenvalue weighted by Crippen LogP contribution is 2.45. The Morgan fingerprint density at radius 2 is 1.81 bits per heavy atom. The van der Waals surface area contributed by atoms with Crippen molar-refractivity contribution < 1.29 is 14.2 Å². The monoisotopic (exact) mass is 349 g/mol. The molecule has 0 saturated carbocycles. The third kappa shape index (κ3) is 2.58. The van der Waals surface area contributed by atoms with E-state index in [0.29, 0.717) is 36.0 Å². The Kier molecular flexibility index (Phi) is 3.85. The Bertz CT molecular complexity index is 944. The molecule has 0 fully saturated rings. The van der Waals surface area contributed by atoms with Crippen LogP contribution in [-0.2, 0) is 0 Å². The molecule has 6 heteroatoms. The molecule has 6 nitrogen and oxygen atoms in total. The molecular weight excluding hydrogens is 330 g/mol. The van der Waals surface area contributed by atoms with Crippen LogP contribution in [0.4, 0.5) is 5.69 Å². The average Bonchev–Trinajstić information content (AvgIpc) is 2.66. The van der Waals surface area contributed by atoms with E-state index in [-0.39, 0.29) is 11.8 Å². The first kappa shape index (κ1) is 16.2. The van der Waals surface area contributed by atoms with Gasteiger partial charge in [-0.3, -0.25) is 0 Å². The van der Waals surface area contributed by atoms with Crippen LogP contribution in [0.25, 0.3) is 0 Å². The van der Waals surface area contributed by atoms with E-state index in [2.05, 4.69) is 6.07 Å². The number of rotatable bonds is 2. The predicted octanol–water partition coefficient (Wildman–Crippen LogP) is 2.74. The summed E-state index contributed by atoms with van der Waals surface area (Å²) in [4.78, 5) is 1.99. The second-order valence-electron chi connectivity index (χ2n) is 6.44. The highest BCUT2D eigenvalue weighted by atomic mass is 16.6. The Morgan fingerprint density at radius 3 is 2.54 bits per heavy atom. The van der Waals surface area contributed by atoms with E-state index in [0.717, 1.165) is 16.8 Å². The van der Waals surface area contributed by atoms with Gasteiger partial charge >= 0.3 is 0 Å². The summed E-state index contributed by atoms with van der Waals surface area (Å²) >= 11 is 0. The highest BCUT2D eigenvalue weighted by molar-refractivity contribution is 5.62. The van der Waals surface area contributed by atoms with Crippen LogP contribution in [0.15, 0.2) is 47.9 Å². The van der Waals surface area contributed by atoms with Crippen molar-refractivity contribution in [3.8, 4) is 23.3 Å². The van der Waals surface area contributed by atoms with Crippen molar-refractivity contribution in [3.63, 3.8) is 0 Å². The number of ether oxygens (including phenoxy) is 3. The van der Waals surface area contributed by atoms with E-state index in [4.69, 9.17) is 19.9 Å². The van der Waals surface area contributed by atoms with Gasteiger partial charge in [-0.25, -0.2) is 0 Å². The van der Waals surface area contributed by atoms with Crippen molar-refractivity contribution >= 4 is 5.69 Å². The predicted molar refractivity (Wildman–Crippen MR) is 97.5 cm³/mol. The SMILES string of the molecule is CN(C)c1ccc2c(c1)OC(N)=C(C#N)C2c1ccc2c(c1)OCCO2. The Hall–Kier alpha value is -3.33. The lowest BCUT2D eigenvalue weighted by molar-refractivity contribution is 0.171. The number of nitriles is 1. The van der Waals surface area contributed by atoms with E-state index in [1.165, 1.54) is 0 Å². The molecule has 0 aromatic heterocycles. The number of nitrogens with two attached hydrogens (primary N) is 1. The summed E-state index contributed by atoms with van der Waals surface area (Å²) in [6.45, 7) is 1.05. The lowest BCUT2D eigenvalue weighted by Crippen LogP contribution is -2.22. The van der Waals surface area contributed by atoms with Crippen LogP contribution in [0.1, 0.15) is 17.0 Å². The van der Waals surface area contributed by atoms with Gasteiger partial charge in [-0.1, -0.05) is 12.1 Å². The molecule has 0 saturated heterocycles. The Morgan fingerprint density at radius 1 is 1.04 bits per heavy atom. The number of anilines is 1. The maximum Gasteiger partial charge on any atom is 0.205 e. The second-order valence-corrected chi connectivity index (χ2v) is 6.44. The number of hydrogen-bond acceptors (Lipinski definition) is 6. The molecule has 1 atom stereocenters. The summed E-state index contributed by atoms with van der Waals surface area (Å²) in [5, 5.41) is 9.67. The molecule has 2 aromatic rings. The zero-order valence-electron chi connectivity index (χ0n) is 14.7. The van der Waals surface area contributed by atoms with Gasteiger partial charge in [0, 0.05) is 31.4 Å². The van der Waals surface area contributed by atoms with Crippen LogP contribution in [0.5, 0.6) is 17.2 Å². The zero-order valence-corrected chi connectivity index (χ0v) is 14.7. The van der Waals surface area contributed by atoms with Gasteiger partial charge in [0.2, 0.25) is 5.88 Å². The van der Waals surface area contributed by atoms with E-state index < -0.39 is 0 Å². The first-order valence-corrected chi connectivity index (χ1v) is 8.37. The van der Waals surface area contributed by atoms with Crippen LogP contribution in [0, 0.1) is 11.3 Å². The lowest BCUT2D eigenvalue weighted by Gasteiger charge is -2.28. The molecule has 0 spiro atoms. The molecule has 2 aliphatic heterocycles. The first-order chi connectivity index (χ1) is 12.6. The summed E-state index contributed by atoms with van der Waals surface area (Å²) in [5.74, 6) is 1.88. The van der Waals surface area contributed by atoms with Gasteiger partial charge in [0.05, 0.1) is 5.92 Å². The number of allylic oxidation sites excluding steroid dienone is 1. The summed E-state index contributed by atoms with van der Waals surface area (Å²) in [6.07, 6.45) is 0. The Balaban J connectivity index is 1.85. The normalized spacial score (nSPS) is 17.8. The first-order valence-electron chi connectivity index (χ1n) is 8.37. The van der Waals surface area contributed by atoms with E-state index in [9.17, 15) is 5.26 Å². The molecular formula is C20H19N3O3. The zero-order chi connectivity index (χ0) is 18.3. The average molecular weight is 349 g/mol. The van der Waals surface area contributed by atoms with Gasteiger partial charge in [-0.2, -0.15) is 5.26 Å². The van der Waals surface area contributed by atoms with Crippen molar-refractivity contribution in [3.05, 3.63) is 59.0 Å². The minimum atomic E-state index is -0.309. The van der Waals surface area contributed by atoms with E-state index >= 15 is 0 Å². The van der Waals surface area contributed by atoms with Crippen molar-refractivity contribution in [2.45, 2.75) is 5.92 Å². The van der Waals surface area contributed by atoms with Crippen molar-refractivity contribution in [1.82, 2.24) is 0 Å². The van der Waals surface area contributed by atoms with Gasteiger partial charge < -0.3 is 24.8 Å². The molecule has 1 unspecified atom stereocenters. The van der Waals surface area contributed by atoms with Gasteiger partial charge in [0.15, 0.2) is 11.5 Å². The summed E-state index contributed by atoms with van der Waals surface area (Å²) in [5.41, 5.74) is 9.27. The maximum atomic E-state index is 9.67. The van der Waals surface area contributed by atoms with Gasteiger partial charge in [0.25, 0.3) is 0 Å². The molecule has 0 amide bonds. The van der Waals surface area contributed by atoms with Crippen LogP contribution < -0.4 is 24.8 Å². The molecule has 0 radical (unpaired) electrons. The van der Waals surface area contributed by atoms with Crippen molar-refractivity contribution in [2.24, 2.45) is 5.73 Å². The number of nitrogens with zero attached hydrogens (tertiary/aromatic N) is 2. The van der Waals surface area contributed by atoms with Crippen LogP contribution in [0.2, 0.25) is 0 Å².